The second kappa shape index (κ2) is 12.1. The molecule has 0 fully saturated rings. The number of hydrogen-bond acceptors (Lipinski definition) is 5. The highest BCUT2D eigenvalue weighted by Gasteiger charge is 2.48. The summed E-state index contributed by atoms with van der Waals surface area (Å²) in [4.78, 5) is 43.1. The van der Waals surface area contributed by atoms with E-state index in [0.29, 0.717) is 25.1 Å². The summed E-state index contributed by atoms with van der Waals surface area (Å²) in [5.41, 5.74) is 8.17. The van der Waals surface area contributed by atoms with Gasteiger partial charge in [-0.05, 0) is 72.4 Å². The van der Waals surface area contributed by atoms with Gasteiger partial charge >= 0.3 is 0 Å². The van der Waals surface area contributed by atoms with E-state index in [1.807, 2.05) is 74.5 Å². The number of amides is 1. The lowest BCUT2D eigenvalue weighted by Crippen LogP contribution is -2.44. The van der Waals surface area contributed by atoms with Gasteiger partial charge in [0.05, 0.1) is 0 Å². The standard InChI is InChI=1S/C40H44N2O4/c1-25-12-17-30(26(2)18-25)41-35(45)24-46-29-15-13-28(14-16-29)36-37-31(19-39(3,4)21-33(37)43)42(23-27-10-8-7-9-11-27)32-20-40(5,6)22-34(44)38(32)36/h7-18,36H,19-24H2,1-6H3,(H,41,45). The molecule has 0 saturated carbocycles. The molecule has 46 heavy (non-hydrogen) atoms. The Labute approximate surface area is 272 Å². The summed E-state index contributed by atoms with van der Waals surface area (Å²) in [6.45, 7) is 13.1. The fourth-order valence-electron chi connectivity index (χ4n) is 7.38. The summed E-state index contributed by atoms with van der Waals surface area (Å²) in [7, 11) is 0. The van der Waals surface area contributed by atoms with Crippen LogP contribution in [0.5, 0.6) is 5.75 Å². The third-order valence-corrected chi connectivity index (χ3v) is 9.44. The topological polar surface area (TPSA) is 75.7 Å². The van der Waals surface area contributed by atoms with E-state index in [9.17, 15) is 14.4 Å². The van der Waals surface area contributed by atoms with Crippen LogP contribution >= 0.6 is 0 Å². The molecule has 0 bridgehead atoms. The van der Waals surface area contributed by atoms with Crippen molar-refractivity contribution in [2.45, 2.75) is 79.7 Å². The van der Waals surface area contributed by atoms with Crippen molar-refractivity contribution >= 4 is 23.2 Å². The fourth-order valence-corrected chi connectivity index (χ4v) is 7.38. The molecule has 2 aliphatic carbocycles. The first-order chi connectivity index (χ1) is 21.8. The highest BCUT2D eigenvalue weighted by atomic mass is 16.5. The van der Waals surface area contributed by atoms with Crippen LogP contribution in [0, 0.1) is 24.7 Å². The molecule has 0 saturated heterocycles. The van der Waals surface area contributed by atoms with Crippen LogP contribution in [0.4, 0.5) is 5.69 Å². The van der Waals surface area contributed by atoms with E-state index in [0.717, 1.165) is 63.3 Å². The van der Waals surface area contributed by atoms with Crippen LogP contribution in [0.2, 0.25) is 0 Å². The number of ketones is 2. The predicted octanol–water partition coefficient (Wildman–Crippen LogP) is 8.21. The second-order valence-corrected chi connectivity index (χ2v) is 14.8. The van der Waals surface area contributed by atoms with Crippen LogP contribution in [0.25, 0.3) is 0 Å². The van der Waals surface area contributed by atoms with Gasteiger partial charge < -0.3 is 15.0 Å². The zero-order valence-electron chi connectivity index (χ0n) is 27.8. The van der Waals surface area contributed by atoms with Crippen LogP contribution in [-0.4, -0.2) is 29.0 Å². The lowest BCUT2D eigenvalue weighted by atomic mass is 9.63. The van der Waals surface area contributed by atoms with Crippen LogP contribution in [0.1, 0.15) is 81.5 Å². The number of rotatable bonds is 7. The number of allylic oxidation sites excluding steroid dienone is 4. The molecule has 0 spiro atoms. The van der Waals surface area contributed by atoms with E-state index in [2.05, 4.69) is 50.0 Å². The molecule has 3 aromatic rings. The SMILES string of the molecule is Cc1ccc(NC(=O)COc2ccc(C3C4=C(CC(C)(C)CC4=O)N(Cc4ccccc4)C4=C3C(=O)CC(C)(C)C4)cc2)c(C)c1. The van der Waals surface area contributed by atoms with Gasteiger partial charge in [0.25, 0.3) is 5.91 Å². The van der Waals surface area contributed by atoms with Crippen LogP contribution < -0.4 is 10.1 Å². The summed E-state index contributed by atoms with van der Waals surface area (Å²) in [5.74, 6) is 0.115. The molecule has 1 amide bonds. The Bertz CT molecular complexity index is 1710. The highest BCUT2D eigenvalue weighted by Crippen LogP contribution is 2.54. The number of carbonyl (C=O) groups excluding carboxylic acids is 3. The smallest absolute Gasteiger partial charge is 0.262 e. The molecular weight excluding hydrogens is 572 g/mol. The molecule has 3 aliphatic rings. The Balaban J connectivity index is 1.33. The van der Waals surface area contributed by atoms with Gasteiger partial charge in [-0.2, -0.15) is 0 Å². The molecule has 0 unspecified atom stereocenters. The zero-order chi connectivity index (χ0) is 32.8. The van der Waals surface area contributed by atoms with Gasteiger partial charge in [-0.15, -0.1) is 0 Å². The average Bonchev–Trinajstić information content (AvgIpc) is 2.98. The Morgan fingerprint density at radius 3 is 1.96 bits per heavy atom. The number of nitrogens with one attached hydrogen (secondary N) is 1. The van der Waals surface area contributed by atoms with Crippen molar-refractivity contribution < 1.29 is 19.1 Å². The quantitative estimate of drug-likeness (QED) is 0.290. The van der Waals surface area contributed by atoms with Gasteiger partial charge in [-0.25, -0.2) is 0 Å². The largest absolute Gasteiger partial charge is 0.484 e. The summed E-state index contributed by atoms with van der Waals surface area (Å²) < 4.78 is 5.86. The van der Waals surface area contributed by atoms with E-state index in [-0.39, 0.29) is 34.9 Å². The van der Waals surface area contributed by atoms with E-state index >= 15 is 0 Å². The number of benzene rings is 3. The maximum Gasteiger partial charge on any atom is 0.262 e. The molecule has 1 aliphatic heterocycles. The predicted molar refractivity (Wildman–Crippen MR) is 181 cm³/mol. The maximum atomic E-state index is 14.1. The molecule has 0 atom stereocenters. The monoisotopic (exact) mass is 616 g/mol. The highest BCUT2D eigenvalue weighted by molar-refractivity contribution is 6.06. The third-order valence-electron chi connectivity index (χ3n) is 9.44. The van der Waals surface area contributed by atoms with Gasteiger partial charge in [0, 0.05) is 53.5 Å². The first-order valence-electron chi connectivity index (χ1n) is 16.2. The molecule has 0 aromatic heterocycles. The molecule has 6 rings (SSSR count). The molecule has 6 heteroatoms. The molecule has 3 aromatic carbocycles. The molecule has 238 valence electrons. The number of nitrogens with zero attached hydrogens (tertiary/aromatic N) is 1. The minimum atomic E-state index is -0.425. The Morgan fingerprint density at radius 1 is 0.804 bits per heavy atom. The van der Waals surface area contributed by atoms with Gasteiger partial charge in [-0.3, -0.25) is 14.4 Å². The Kier molecular flexibility index (Phi) is 8.26. The Hall–Kier alpha value is -4.45. The van der Waals surface area contributed by atoms with Crippen LogP contribution in [-0.2, 0) is 20.9 Å². The molecular formula is C40H44N2O4. The lowest BCUT2D eigenvalue weighted by Gasteiger charge is -2.49. The van der Waals surface area contributed by atoms with Crippen molar-refractivity contribution in [2.24, 2.45) is 10.8 Å². The van der Waals surface area contributed by atoms with Crippen molar-refractivity contribution in [1.29, 1.82) is 0 Å². The summed E-state index contributed by atoms with van der Waals surface area (Å²) >= 11 is 0. The van der Waals surface area contributed by atoms with E-state index in [4.69, 9.17) is 4.74 Å². The zero-order valence-corrected chi connectivity index (χ0v) is 27.8. The van der Waals surface area contributed by atoms with Crippen LogP contribution in [0.3, 0.4) is 0 Å². The number of Topliss-reactive ketones (excluding diaryl/α,β-unsaturated/α-hetero) is 2. The minimum Gasteiger partial charge on any atom is -0.484 e. The normalized spacial score (nSPS) is 19.1. The number of anilines is 1. The van der Waals surface area contributed by atoms with Gasteiger partial charge in [0.2, 0.25) is 0 Å². The maximum absolute atomic E-state index is 14.1. The second-order valence-electron chi connectivity index (χ2n) is 14.8. The molecule has 1 heterocycles. The van der Waals surface area contributed by atoms with E-state index in [1.165, 1.54) is 0 Å². The van der Waals surface area contributed by atoms with E-state index < -0.39 is 5.92 Å². The number of hydrogen-bond donors (Lipinski definition) is 1. The fraction of sp³-hybridized carbons (Fsp3) is 0.375. The van der Waals surface area contributed by atoms with Crippen molar-refractivity contribution in [3.8, 4) is 5.75 Å². The molecule has 0 radical (unpaired) electrons. The van der Waals surface area contributed by atoms with Gasteiger partial charge in [-0.1, -0.05) is 87.9 Å². The number of ether oxygens (including phenoxy) is 1. The third kappa shape index (κ3) is 6.44. The number of aryl methyl sites for hydroxylation is 2. The van der Waals surface area contributed by atoms with Gasteiger partial charge in [0.1, 0.15) is 5.75 Å². The first kappa shape index (κ1) is 31.5. The van der Waals surface area contributed by atoms with Crippen molar-refractivity contribution in [3.63, 3.8) is 0 Å². The summed E-state index contributed by atoms with van der Waals surface area (Å²) in [6.07, 6.45) is 2.42. The summed E-state index contributed by atoms with van der Waals surface area (Å²) in [6, 6.07) is 23.8. The molecule has 1 N–H and O–H groups in total. The van der Waals surface area contributed by atoms with Crippen molar-refractivity contribution in [3.05, 3.63) is 118 Å². The average molecular weight is 617 g/mol. The minimum absolute atomic E-state index is 0.113. The molecule has 6 nitrogen and oxygen atoms in total. The van der Waals surface area contributed by atoms with Crippen LogP contribution in [0.15, 0.2) is 95.3 Å². The van der Waals surface area contributed by atoms with E-state index in [1.54, 1.807) is 0 Å². The number of carbonyl (C=O) groups is 3. The lowest BCUT2D eigenvalue weighted by molar-refractivity contribution is -0.120. The van der Waals surface area contributed by atoms with Crippen molar-refractivity contribution in [1.82, 2.24) is 4.90 Å². The summed E-state index contributed by atoms with van der Waals surface area (Å²) in [5, 5.41) is 2.92. The van der Waals surface area contributed by atoms with Crippen molar-refractivity contribution in [2.75, 3.05) is 11.9 Å². The first-order valence-corrected chi connectivity index (χ1v) is 16.2. The van der Waals surface area contributed by atoms with Gasteiger partial charge in [0.15, 0.2) is 18.2 Å². The Morgan fingerprint density at radius 2 is 1.39 bits per heavy atom.